The number of benzene rings is 1. The highest BCUT2D eigenvalue weighted by atomic mass is 16.5. The Labute approximate surface area is 121 Å². The molecular weight excluding hydrogens is 252 g/mol. The van der Waals surface area contributed by atoms with Crippen molar-refractivity contribution in [2.45, 2.75) is 26.3 Å². The van der Waals surface area contributed by atoms with Crippen molar-refractivity contribution in [1.82, 2.24) is 10.2 Å². The van der Waals surface area contributed by atoms with Gasteiger partial charge in [-0.15, -0.1) is 0 Å². The summed E-state index contributed by atoms with van der Waals surface area (Å²) in [4.78, 5) is 14.6. The lowest BCUT2D eigenvalue weighted by Crippen LogP contribution is -2.56. The molecule has 0 radical (unpaired) electrons. The molecule has 1 aliphatic rings. The lowest BCUT2D eigenvalue weighted by Gasteiger charge is -2.38. The van der Waals surface area contributed by atoms with Crippen LogP contribution in [0.15, 0.2) is 24.3 Å². The fourth-order valence-electron chi connectivity index (χ4n) is 2.74. The van der Waals surface area contributed by atoms with Crippen molar-refractivity contribution in [1.29, 1.82) is 0 Å². The Kier molecular flexibility index (Phi) is 5.01. The van der Waals surface area contributed by atoms with E-state index in [9.17, 15) is 4.79 Å². The molecule has 4 heteroatoms. The van der Waals surface area contributed by atoms with Gasteiger partial charge in [0.2, 0.25) is 5.91 Å². The second-order valence-electron chi connectivity index (χ2n) is 5.59. The number of nitrogens with zero attached hydrogens (tertiary/aromatic N) is 1. The van der Waals surface area contributed by atoms with Crippen molar-refractivity contribution in [2.24, 2.45) is 5.92 Å². The molecule has 0 bridgehead atoms. The van der Waals surface area contributed by atoms with Crippen LogP contribution in [-0.2, 0) is 11.2 Å². The van der Waals surface area contributed by atoms with Crippen LogP contribution in [0.5, 0.6) is 5.75 Å². The number of nitrogens with one attached hydrogen (secondary N) is 1. The topological polar surface area (TPSA) is 41.6 Å². The Balaban J connectivity index is 2.10. The zero-order chi connectivity index (χ0) is 14.5. The van der Waals surface area contributed by atoms with Gasteiger partial charge in [0.25, 0.3) is 0 Å². The smallest absolute Gasteiger partial charge is 0.227 e. The van der Waals surface area contributed by atoms with E-state index < -0.39 is 0 Å². The molecular formula is C16H24N2O2. The van der Waals surface area contributed by atoms with E-state index in [0.717, 1.165) is 30.9 Å². The Bertz CT molecular complexity index is 460. The second kappa shape index (κ2) is 6.75. The molecule has 1 saturated heterocycles. The van der Waals surface area contributed by atoms with E-state index in [1.807, 2.05) is 29.2 Å². The van der Waals surface area contributed by atoms with Gasteiger partial charge in [0.15, 0.2) is 0 Å². The first kappa shape index (κ1) is 14.9. The molecule has 0 aromatic heterocycles. The maximum Gasteiger partial charge on any atom is 0.227 e. The van der Waals surface area contributed by atoms with Crippen molar-refractivity contribution in [3.63, 3.8) is 0 Å². The molecule has 1 fully saturated rings. The van der Waals surface area contributed by atoms with Crippen LogP contribution >= 0.6 is 0 Å². The summed E-state index contributed by atoms with van der Waals surface area (Å²) >= 11 is 0. The summed E-state index contributed by atoms with van der Waals surface area (Å²) in [6.07, 6.45) is 0.410. The quantitative estimate of drug-likeness (QED) is 0.910. The normalized spacial score (nSPS) is 19.2. The molecule has 1 aliphatic heterocycles. The molecule has 110 valence electrons. The Morgan fingerprint density at radius 3 is 2.90 bits per heavy atom. The van der Waals surface area contributed by atoms with Gasteiger partial charge in [0.1, 0.15) is 5.75 Å². The SMILES string of the molecule is COc1ccccc1CC(=O)N1CCNCC1C(C)C. The molecule has 2 rings (SSSR count). The minimum Gasteiger partial charge on any atom is -0.496 e. The summed E-state index contributed by atoms with van der Waals surface area (Å²) in [5.74, 6) is 1.44. The predicted octanol–water partition coefficient (Wildman–Crippen LogP) is 1.69. The summed E-state index contributed by atoms with van der Waals surface area (Å²) in [6, 6.07) is 8.02. The van der Waals surface area contributed by atoms with Crippen molar-refractivity contribution in [3.05, 3.63) is 29.8 Å². The summed E-state index contributed by atoms with van der Waals surface area (Å²) in [7, 11) is 1.64. The molecule has 1 N–H and O–H groups in total. The molecule has 0 aliphatic carbocycles. The van der Waals surface area contributed by atoms with Gasteiger partial charge in [-0.05, 0) is 12.0 Å². The molecule has 1 heterocycles. The van der Waals surface area contributed by atoms with Gasteiger partial charge >= 0.3 is 0 Å². The zero-order valence-corrected chi connectivity index (χ0v) is 12.6. The van der Waals surface area contributed by atoms with E-state index in [-0.39, 0.29) is 11.9 Å². The van der Waals surface area contributed by atoms with E-state index in [1.54, 1.807) is 7.11 Å². The maximum atomic E-state index is 12.6. The third-order valence-electron chi connectivity index (χ3n) is 3.91. The molecule has 1 unspecified atom stereocenters. The van der Waals surface area contributed by atoms with Crippen molar-refractivity contribution < 1.29 is 9.53 Å². The molecule has 1 aromatic carbocycles. The number of ether oxygens (including phenoxy) is 1. The number of methoxy groups -OCH3 is 1. The molecule has 1 aromatic rings. The lowest BCUT2D eigenvalue weighted by molar-refractivity contribution is -0.134. The molecule has 0 saturated carbocycles. The average molecular weight is 276 g/mol. The Morgan fingerprint density at radius 1 is 1.45 bits per heavy atom. The van der Waals surface area contributed by atoms with E-state index in [4.69, 9.17) is 4.74 Å². The fourth-order valence-corrected chi connectivity index (χ4v) is 2.74. The number of rotatable bonds is 4. The highest BCUT2D eigenvalue weighted by Gasteiger charge is 2.28. The van der Waals surface area contributed by atoms with Crippen molar-refractivity contribution in [2.75, 3.05) is 26.7 Å². The lowest BCUT2D eigenvalue weighted by atomic mass is 9.99. The monoisotopic (exact) mass is 276 g/mol. The number of para-hydroxylation sites is 1. The van der Waals surface area contributed by atoms with Gasteiger partial charge < -0.3 is 15.0 Å². The summed E-state index contributed by atoms with van der Waals surface area (Å²) in [5, 5.41) is 3.37. The van der Waals surface area contributed by atoms with Crippen LogP contribution in [0.2, 0.25) is 0 Å². The van der Waals surface area contributed by atoms with Crippen LogP contribution in [0, 0.1) is 5.92 Å². The average Bonchev–Trinajstić information content (AvgIpc) is 2.47. The van der Waals surface area contributed by atoms with Crippen LogP contribution in [0.3, 0.4) is 0 Å². The van der Waals surface area contributed by atoms with E-state index in [1.165, 1.54) is 0 Å². The van der Waals surface area contributed by atoms with Gasteiger partial charge in [-0.2, -0.15) is 0 Å². The van der Waals surface area contributed by atoms with Gasteiger partial charge in [-0.25, -0.2) is 0 Å². The van der Waals surface area contributed by atoms with Crippen LogP contribution in [0.4, 0.5) is 0 Å². The van der Waals surface area contributed by atoms with Crippen molar-refractivity contribution in [3.8, 4) is 5.75 Å². The number of hydrogen-bond acceptors (Lipinski definition) is 3. The van der Waals surface area contributed by atoms with Crippen LogP contribution < -0.4 is 10.1 Å². The first-order valence-electron chi connectivity index (χ1n) is 7.25. The molecule has 1 amide bonds. The standard InChI is InChI=1S/C16H24N2O2/c1-12(2)14-11-17-8-9-18(14)16(19)10-13-6-4-5-7-15(13)20-3/h4-7,12,14,17H,8-11H2,1-3H3. The van der Waals surface area contributed by atoms with Gasteiger partial charge in [-0.1, -0.05) is 32.0 Å². The van der Waals surface area contributed by atoms with Gasteiger partial charge in [0, 0.05) is 31.2 Å². The summed E-state index contributed by atoms with van der Waals surface area (Å²) < 4.78 is 5.32. The van der Waals surface area contributed by atoms with Crippen LogP contribution in [0.25, 0.3) is 0 Å². The highest BCUT2D eigenvalue weighted by molar-refractivity contribution is 5.80. The van der Waals surface area contributed by atoms with Gasteiger partial charge in [0.05, 0.1) is 13.5 Å². The zero-order valence-electron chi connectivity index (χ0n) is 12.6. The Morgan fingerprint density at radius 2 is 2.20 bits per heavy atom. The highest BCUT2D eigenvalue weighted by Crippen LogP contribution is 2.20. The minimum atomic E-state index is 0.190. The first-order chi connectivity index (χ1) is 9.63. The predicted molar refractivity (Wildman–Crippen MR) is 79.9 cm³/mol. The first-order valence-corrected chi connectivity index (χ1v) is 7.25. The summed E-state index contributed by atoms with van der Waals surface area (Å²) in [6.45, 7) is 6.88. The number of piperazine rings is 1. The fraction of sp³-hybridized carbons (Fsp3) is 0.562. The summed E-state index contributed by atoms with van der Waals surface area (Å²) in [5.41, 5.74) is 0.959. The van der Waals surface area contributed by atoms with E-state index in [0.29, 0.717) is 12.3 Å². The number of amides is 1. The van der Waals surface area contributed by atoms with Crippen LogP contribution in [0.1, 0.15) is 19.4 Å². The minimum absolute atomic E-state index is 0.190. The van der Waals surface area contributed by atoms with Crippen molar-refractivity contribution >= 4 is 5.91 Å². The molecule has 20 heavy (non-hydrogen) atoms. The third-order valence-corrected chi connectivity index (χ3v) is 3.91. The van der Waals surface area contributed by atoms with E-state index >= 15 is 0 Å². The molecule has 4 nitrogen and oxygen atoms in total. The third kappa shape index (κ3) is 3.31. The molecule has 0 spiro atoms. The Hall–Kier alpha value is -1.55. The maximum absolute atomic E-state index is 12.6. The van der Waals surface area contributed by atoms with Gasteiger partial charge in [-0.3, -0.25) is 4.79 Å². The molecule has 1 atom stereocenters. The van der Waals surface area contributed by atoms with E-state index in [2.05, 4.69) is 19.2 Å². The van der Waals surface area contributed by atoms with Crippen LogP contribution in [-0.4, -0.2) is 43.6 Å². The number of carbonyl (C=O) groups is 1. The largest absolute Gasteiger partial charge is 0.496 e. The number of hydrogen-bond donors (Lipinski definition) is 1. The number of carbonyl (C=O) groups excluding carboxylic acids is 1. The second-order valence-corrected chi connectivity index (χ2v) is 5.59.